The van der Waals surface area contributed by atoms with Crippen molar-refractivity contribution in [1.29, 1.82) is 0 Å². The average molecular weight is 406 g/mol. The molecule has 0 radical (unpaired) electrons. The highest BCUT2D eigenvalue weighted by Gasteiger charge is 2.13. The summed E-state index contributed by atoms with van der Waals surface area (Å²) >= 11 is 3.40. The van der Waals surface area contributed by atoms with Gasteiger partial charge in [-0.25, -0.2) is 4.79 Å². The van der Waals surface area contributed by atoms with E-state index in [1.807, 2.05) is 31.2 Å². The molecule has 2 aromatic rings. The first-order valence-corrected chi connectivity index (χ1v) is 8.68. The lowest BCUT2D eigenvalue weighted by molar-refractivity contribution is -0.123. The molecule has 2 aromatic carbocycles. The first-order chi connectivity index (χ1) is 12.0. The molecule has 0 aliphatic carbocycles. The van der Waals surface area contributed by atoms with Gasteiger partial charge in [-0.05, 0) is 48.4 Å². The van der Waals surface area contributed by atoms with Gasteiger partial charge in [0.05, 0.1) is 18.7 Å². The topological polar surface area (TPSA) is 64.6 Å². The number of nitrogens with one attached hydrogen (secondary N) is 1. The molecule has 0 aromatic heterocycles. The van der Waals surface area contributed by atoms with Gasteiger partial charge in [-0.15, -0.1) is 0 Å². The van der Waals surface area contributed by atoms with Gasteiger partial charge >= 0.3 is 5.97 Å². The number of methoxy groups -OCH3 is 1. The van der Waals surface area contributed by atoms with Gasteiger partial charge in [-0.3, -0.25) is 4.79 Å². The fourth-order valence-electron chi connectivity index (χ4n) is 2.31. The molecule has 0 unspecified atom stereocenters. The van der Waals surface area contributed by atoms with E-state index in [2.05, 4.69) is 26.0 Å². The lowest BCUT2D eigenvalue weighted by Gasteiger charge is -2.18. The zero-order valence-electron chi connectivity index (χ0n) is 14.1. The van der Waals surface area contributed by atoms with E-state index in [9.17, 15) is 9.59 Å². The Labute approximate surface area is 155 Å². The Balaban J connectivity index is 1.88. The third-order valence-corrected chi connectivity index (χ3v) is 4.19. The summed E-state index contributed by atoms with van der Waals surface area (Å²) in [6.07, 6.45) is 0.779. The Kier molecular flexibility index (Phi) is 7.01. The molecule has 0 saturated carbocycles. The van der Waals surface area contributed by atoms with Crippen LogP contribution in [0.3, 0.4) is 0 Å². The summed E-state index contributed by atoms with van der Waals surface area (Å²) in [7, 11) is 1.33. The van der Waals surface area contributed by atoms with Crippen molar-refractivity contribution in [3.8, 4) is 5.75 Å². The van der Waals surface area contributed by atoms with E-state index in [0.29, 0.717) is 11.3 Å². The van der Waals surface area contributed by atoms with Gasteiger partial charge in [0, 0.05) is 4.47 Å². The molecule has 0 spiro atoms. The molecule has 0 fully saturated rings. The summed E-state index contributed by atoms with van der Waals surface area (Å²) in [5.74, 6) is -0.101. The van der Waals surface area contributed by atoms with Crippen LogP contribution in [0.4, 0.5) is 0 Å². The SMILES string of the molecule is CC[C@@H](NC(=O)COc1ccc(C(=O)OC)cc1)c1ccc(Br)cc1. The Morgan fingerprint density at radius 1 is 1.08 bits per heavy atom. The van der Waals surface area contributed by atoms with Gasteiger partial charge < -0.3 is 14.8 Å². The van der Waals surface area contributed by atoms with Crippen LogP contribution in [-0.2, 0) is 9.53 Å². The van der Waals surface area contributed by atoms with E-state index < -0.39 is 5.97 Å². The molecule has 132 valence electrons. The zero-order chi connectivity index (χ0) is 18.2. The van der Waals surface area contributed by atoms with Crippen LogP contribution < -0.4 is 10.1 Å². The third-order valence-electron chi connectivity index (χ3n) is 3.66. The van der Waals surface area contributed by atoms with Crippen molar-refractivity contribution in [2.45, 2.75) is 19.4 Å². The number of carbonyl (C=O) groups is 2. The molecule has 1 N–H and O–H groups in total. The zero-order valence-corrected chi connectivity index (χ0v) is 15.7. The van der Waals surface area contributed by atoms with Crippen molar-refractivity contribution in [1.82, 2.24) is 5.32 Å². The van der Waals surface area contributed by atoms with Gasteiger partial charge in [0.2, 0.25) is 0 Å². The minimum absolute atomic E-state index is 0.0640. The summed E-state index contributed by atoms with van der Waals surface area (Å²) in [6.45, 7) is 1.92. The summed E-state index contributed by atoms with van der Waals surface area (Å²) < 4.78 is 11.1. The number of hydrogen-bond acceptors (Lipinski definition) is 4. The van der Waals surface area contributed by atoms with Gasteiger partial charge in [0.15, 0.2) is 6.61 Å². The van der Waals surface area contributed by atoms with Gasteiger partial charge in [-0.2, -0.15) is 0 Å². The number of halogens is 1. The largest absolute Gasteiger partial charge is 0.484 e. The standard InChI is InChI=1S/C19H20BrNO4/c1-3-17(13-4-8-15(20)9-5-13)21-18(22)12-25-16-10-6-14(7-11-16)19(23)24-2/h4-11,17H,3,12H2,1-2H3,(H,21,22)/t17-/m1/s1. The number of benzene rings is 2. The average Bonchev–Trinajstić information content (AvgIpc) is 2.65. The number of carbonyl (C=O) groups excluding carboxylic acids is 2. The van der Waals surface area contributed by atoms with Crippen LogP contribution in [0.15, 0.2) is 53.0 Å². The van der Waals surface area contributed by atoms with Gasteiger partial charge in [0.25, 0.3) is 5.91 Å². The quantitative estimate of drug-likeness (QED) is 0.709. The van der Waals surface area contributed by atoms with E-state index in [0.717, 1.165) is 16.5 Å². The van der Waals surface area contributed by atoms with Gasteiger partial charge in [0.1, 0.15) is 5.75 Å². The highest BCUT2D eigenvalue weighted by atomic mass is 79.9. The second-order valence-corrected chi connectivity index (χ2v) is 6.30. The van der Waals surface area contributed by atoms with Crippen LogP contribution in [0, 0.1) is 0 Å². The molecule has 0 saturated heterocycles. The van der Waals surface area contributed by atoms with Crippen molar-refractivity contribution in [3.63, 3.8) is 0 Å². The lowest BCUT2D eigenvalue weighted by atomic mass is 10.0. The van der Waals surface area contributed by atoms with Crippen molar-refractivity contribution < 1.29 is 19.1 Å². The maximum absolute atomic E-state index is 12.1. The Hall–Kier alpha value is -2.34. The number of amides is 1. The molecule has 2 rings (SSSR count). The maximum atomic E-state index is 12.1. The minimum Gasteiger partial charge on any atom is -0.484 e. The molecule has 0 heterocycles. The molecule has 0 aliphatic heterocycles. The number of ether oxygens (including phenoxy) is 2. The molecule has 0 aliphatic rings. The molecule has 1 amide bonds. The first-order valence-electron chi connectivity index (χ1n) is 7.89. The highest BCUT2D eigenvalue weighted by molar-refractivity contribution is 9.10. The molecule has 25 heavy (non-hydrogen) atoms. The normalized spacial score (nSPS) is 11.5. The predicted octanol–water partition coefficient (Wildman–Crippen LogP) is 3.88. The minimum atomic E-state index is -0.412. The van der Waals surface area contributed by atoms with Crippen molar-refractivity contribution in [3.05, 3.63) is 64.1 Å². The van der Waals surface area contributed by atoms with E-state index in [4.69, 9.17) is 4.74 Å². The van der Waals surface area contributed by atoms with Crippen LogP contribution >= 0.6 is 15.9 Å². The summed E-state index contributed by atoms with van der Waals surface area (Å²) in [5, 5.41) is 2.96. The van der Waals surface area contributed by atoms with Crippen molar-refractivity contribution in [2.75, 3.05) is 13.7 Å². The Morgan fingerprint density at radius 2 is 1.72 bits per heavy atom. The van der Waals surface area contributed by atoms with Crippen LogP contribution in [0.5, 0.6) is 5.75 Å². The van der Waals surface area contributed by atoms with Crippen LogP contribution in [0.25, 0.3) is 0 Å². The molecular weight excluding hydrogens is 386 g/mol. The molecule has 1 atom stereocenters. The van der Waals surface area contributed by atoms with E-state index in [1.54, 1.807) is 24.3 Å². The lowest BCUT2D eigenvalue weighted by Crippen LogP contribution is -2.32. The Bertz CT molecular complexity index is 713. The smallest absolute Gasteiger partial charge is 0.337 e. The van der Waals surface area contributed by atoms with Gasteiger partial charge in [-0.1, -0.05) is 35.0 Å². The maximum Gasteiger partial charge on any atom is 0.337 e. The number of hydrogen-bond donors (Lipinski definition) is 1. The molecule has 0 bridgehead atoms. The monoisotopic (exact) mass is 405 g/mol. The van der Waals surface area contributed by atoms with Crippen LogP contribution in [0.1, 0.15) is 35.3 Å². The van der Waals surface area contributed by atoms with Crippen LogP contribution in [-0.4, -0.2) is 25.6 Å². The summed E-state index contributed by atoms with van der Waals surface area (Å²) in [6, 6.07) is 14.2. The molecular formula is C19H20BrNO4. The van der Waals surface area contributed by atoms with Crippen molar-refractivity contribution >= 4 is 27.8 Å². The van der Waals surface area contributed by atoms with E-state index >= 15 is 0 Å². The molecule has 6 heteroatoms. The molecule has 5 nitrogen and oxygen atoms in total. The first kappa shape index (κ1) is 19.0. The fourth-order valence-corrected chi connectivity index (χ4v) is 2.57. The second kappa shape index (κ2) is 9.22. The summed E-state index contributed by atoms with van der Waals surface area (Å²) in [5.41, 5.74) is 1.47. The van der Waals surface area contributed by atoms with Crippen molar-refractivity contribution in [2.24, 2.45) is 0 Å². The predicted molar refractivity (Wildman–Crippen MR) is 98.6 cm³/mol. The number of esters is 1. The highest BCUT2D eigenvalue weighted by Crippen LogP contribution is 2.19. The van der Waals surface area contributed by atoms with Crippen LogP contribution in [0.2, 0.25) is 0 Å². The van der Waals surface area contributed by atoms with E-state index in [1.165, 1.54) is 7.11 Å². The fraction of sp³-hybridized carbons (Fsp3) is 0.263. The van der Waals surface area contributed by atoms with E-state index in [-0.39, 0.29) is 18.6 Å². The third kappa shape index (κ3) is 5.60. The second-order valence-electron chi connectivity index (χ2n) is 5.38. The summed E-state index contributed by atoms with van der Waals surface area (Å²) in [4.78, 5) is 23.5. The number of rotatable bonds is 7. The Morgan fingerprint density at radius 3 is 2.28 bits per heavy atom.